The Morgan fingerprint density at radius 1 is 1.36 bits per heavy atom. The highest BCUT2D eigenvalue weighted by atomic mass is 16.1. The van der Waals surface area contributed by atoms with E-state index in [1.165, 1.54) is 0 Å². The summed E-state index contributed by atoms with van der Waals surface area (Å²) in [5, 5.41) is 0. The number of pyridine rings is 1. The van der Waals surface area contributed by atoms with Crippen LogP contribution in [0.25, 0.3) is 0 Å². The smallest absolute Gasteiger partial charge is 0.312 e. The number of piperidine rings is 1. The van der Waals surface area contributed by atoms with Crippen LogP contribution in [0.15, 0.2) is 24.4 Å². The largest absolute Gasteiger partial charge is 0.334 e. The molecule has 1 amide bonds. The summed E-state index contributed by atoms with van der Waals surface area (Å²) in [7, 11) is 0. The lowest BCUT2D eigenvalue weighted by Gasteiger charge is -2.27. The van der Waals surface area contributed by atoms with Crippen LogP contribution in [0.4, 0.5) is 0 Å². The van der Waals surface area contributed by atoms with Crippen LogP contribution in [0.1, 0.15) is 24.5 Å². The van der Waals surface area contributed by atoms with Crippen molar-refractivity contribution in [3.05, 3.63) is 30.1 Å². The minimum atomic E-state index is 0.515. The molecule has 14 heavy (non-hydrogen) atoms. The van der Waals surface area contributed by atoms with Crippen molar-refractivity contribution in [3.8, 4) is 0 Å². The second-order valence-corrected chi connectivity index (χ2v) is 3.61. The summed E-state index contributed by atoms with van der Waals surface area (Å²) >= 11 is 0. The molecule has 0 aromatic carbocycles. The summed E-state index contributed by atoms with van der Waals surface area (Å²) < 4.78 is 0. The highest BCUT2D eigenvalue weighted by Crippen LogP contribution is 2.25. The van der Waals surface area contributed by atoms with Gasteiger partial charge in [0.1, 0.15) is 0 Å². The van der Waals surface area contributed by atoms with Gasteiger partial charge in [-0.2, -0.15) is 0 Å². The van der Waals surface area contributed by atoms with Crippen molar-refractivity contribution >= 4 is 6.41 Å². The Morgan fingerprint density at radius 2 is 2.14 bits per heavy atom. The van der Waals surface area contributed by atoms with E-state index in [1.54, 1.807) is 4.90 Å². The number of rotatable bonds is 2. The molecule has 0 bridgehead atoms. The van der Waals surface area contributed by atoms with E-state index in [0.717, 1.165) is 31.6 Å². The van der Waals surface area contributed by atoms with Gasteiger partial charge in [0.15, 0.2) is 0 Å². The monoisotopic (exact) mass is 189 g/mol. The molecular weight excluding hydrogens is 176 g/mol. The average Bonchev–Trinajstić information content (AvgIpc) is 2.30. The van der Waals surface area contributed by atoms with Gasteiger partial charge >= 0.3 is 6.41 Å². The molecule has 1 saturated heterocycles. The zero-order valence-electron chi connectivity index (χ0n) is 8.02. The molecule has 3 nitrogen and oxygen atoms in total. The van der Waals surface area contributed by atoms with E-state index in [9.17, 15) is 4.79 Å². The Bertz CT molecular complexity index is 291. The van der Waals surface area contributed by atoms with E-state index in [2.05, 4.69) is 11.1 Å². The van der Waals surface area contributed by atoms with Gasteiger partial charge in [0, 0.05) is 30.9 Å². The Hall–Kier alpha value is -1.38. The SMILES string of the molecule is O=[C]N1CCC(c2ccccn2)CC1. The Morgan fingerprint density at radius 3 is 2.71 bits per heavy atom. The summed E-state index contributed by atoms with van der Waals surface area (Å²) in [5.41, 5.74) is 1.15. The lowest BCUT2D eigenvalue weighted by molar-refractivity contribution is 0.295. The molecule has 0 unspecified atom stereocenters. The van der Waals surface area contributed by atoms with E-state index in [1.807, 2.05) is 24.7 Å². The normalized spacial score (nSPS) is 18.1. The first kappa shape index (κ1) is 9.19. The molecule has 1 aliphatic heterocycles. The molecular formula is C11H13N2O. The van der Waals surface area contributed by atoms with Crippen molar-refractivity contribution in [2.75, 3.05) is 13.1 Å². The van der Waals surface area contributed by atoms with Crippen molar-refractivity contribution in [1.82, 2.24) is 9.88 Å². The van der Waals surface area contributed by atoms with E-state index in [4.69, 9.17) is 0 Å². The highest BCUT2D eigenvalue weighted by Gasteiger charge is 2.20. The van der Waals surface area contributed by atoms with Crippen LogP contribution >= 0.6 is 0 Å². The Balaban J connectivity index is 1.99. The minimum Gasteiger partial charge on any atom is -0.334 e. The van der Waals surface area contributed by atoms with Gasteiger partial charge in [0.25, 0.3) is 0 Å². The third kappa shape index (κ3) is 1.92. The molecule has 0 N–H and O–H groups in total. The zero-order valence-corrected chi connectivity index (χ0v) is 8.02. The molecule has 0 saturated carbocycles. The highest BCUT2D eigenvalue weighted by molar-refractivity contribution is 5.48. The van der Waals surface area contributed by atoms with Crippen LogP contribution in [0.2, 0.25) is 0 Å². The predicted octanol–water partition coefficient (Wildman–Crippen LogP) is 1.33. The second-order valence-electron chi connectivity index (χ2n) is 3.61. The van der Waals surface area contributed by atoms with Crippen molar-refractivity contribution in [2.24, 2.45) is 0 Å². The number of hydrogen-bond donors (Lipinski definition) is 0. The van der Waals surface area contributed by atoms with Crippen LogP contribution in [-0.4, -0.2) is 29.4 Å². The standard InChI is InChI=1S/C11H13N2O/c14-9-13-7-4-10(5-8-13)11-3-1-2-6-12-11/h1-3,6,10H,4-5,7-8H2. The Kier molecular flexibility index (Phi) is 2.77. The van der Waals surface area contributed by atoms with E-state index < -0.39 is 0 Å². The number of hydrogen-bond acceptors (Lipinski definition) is 2. The summed E-state index contributed by atoms with van der Waals surface area (Å²) in [4.78, 5) is 16.4. The number of nitrogens with zero attached hydrogens (tertiary/aromatic N) is 2. The van der Waals surface area contributed by atoms with E-state index in [0.29, 0.717) is 5.92 Å². The molecule has 73 valence electrons. The number of carbonyl (C=O) groups excluding carboxylic acids is 1. The third-order valence-corrected chi connectivity index (χ3v) is 2.73. The molecule has 3 heteroatoms. The minimum absolute atomic E-state index is 0.515. The summed E-state index contributed by atoms with van der Waals surface area (Å²) in [5.74, 6) is 0.515. The number of aromatic nitrogens is 1. The maximum Gasteiger partial charge on any atom is 0.312 e. The second kappa shape index (κ2) is 4.22. The summed E-state index contributed by atoms with van der Waals surface area (Å²) in [6, 6.07) is 6.00. The first-order valence-electron chi connectivity index (χ1n) is 4.94. The van der Waals surface area contributed by atoms with Crippen molar-refractivity contribution < 1.29 is 4.79 Å². The molecule has 2 heterocycles. The van der Waals surface area contributed by atoms with Gasteiger partial charge in [-0.25, -0.2) is 0 Å². The summed E-state index contributed by atoms with van der Waals surface area (Å²) in [6.45, 7) is 1.62. The van der Waals surface area contributed by atoms with Crippen LogP contribution in [-0.2, 0) is 4.79 Å². The third-order valence-electron chi connectivity index (χ3n) is 2.73. The molecule has 0 spiro atoms. The van der Waals surface area contributed by atoms with Crippen molar-refractivity contribution in [2.45, 2.75) is 18.8 Å². The fourth-order valence-corrected chi connectivity index (χ4v) is 1.88. The zero-order chi connectivity index (χ0) is 9.80. The first-order chi connectivity index (χ1) is 6.90. The average molecular weight is 189 g/mol. The van der Waals surface area contributed by atoms with Gasteiger partial charge < -0.3 is 4.90 Å². The van der Waals surface area contributed by atoms with Crippen LogP contribution in [0.5, 0.6) is 0 Å². The molecule has 0 atom stereocenters. The van der Waals surface area contributed by atoms with Gasteiger partial charge in [-0.15, -0.1) is 0 Å². The maximum absolute atomic E-state index is 10.4. The number of amides is 1. The van der Waals surface area contributed by atoms with Gasteiger partial charge in [-0.3, -0.25) is 9.78 Å². The van der Waals surface area contributed by atoms with Crippen molar-refractivity contribution in [3.63, 3.8) is 0 Å². The summed E-state index contributed by atoms with van der Waals surface area (Å²) in [6.07, 6.45) is 5.78. The Labute approximate surface area is 83.8 Å². The molecule has 1 radical (unpaired) electrons. The van der Waals surface area contributed by atoms with Gasteiger partial charge in [-0.05, 0) is 25.0 Å². The lowest BCUT2D eigenvalue weighted by Crippen LogP contribution is -2.31. The van der Waals surface area contributed by atoms with Crippen LogP contribution < -0.4 is 0 Å². The molecule has 1 aromatic heterocycles. The quantitative estimate of drug-likeness (QED) is 0.703. The fraction of sp³-hybridized carbons (Fsp3) is 0.455. The maximum atomic E-state index is 10.4. The molecule has 1 aliphatic rings. The molecule has 1 fully saturated rings. The predicted molar refractivity (Wildman–Crippen MR) is 53.5 cm³/mol. The van der Waals surface area contributed by atoms with E-state index >= 15 is 0 Å². The van der Waals surface area contributed by atoms with Gasteiger partial charge in [0.05, 0.1) is 0 Å². The topological polar surface area (TPSA) is 33.2 Å². The molecule has 1 aromatic rings. The number of likely N-dealkylation sites (tertiary alicyclic amines) is 1. The van der Waals surface area contributed by atoms with Gasteiger partial charge in [0.2, 0.25) is 0 Å². The lowest BCUT2D eigenvalue weighted by atomic mass is 9.93. The van der Waals surface area contributed by atoms with Gasteiger partial charge in [-0.1, -0.05) is 6.07 Å². The fourth-order valence-electron chi connectivity index (χ4n) is 1.88. The molecule has 0 aliphatic carbocycles. The van der Waals surface area contributed by atoms with Crippen LogP contribution in [0.3, 0.4) is 0 Å². The van der Waals surface area contributed by atoms with Crippen LogP contribution in [0, 0.1) is 0 Å². The first-order valence-corrected chi connectivity index (χ1v) is 4.94. The molecule has 2 rings (SSSR count). The van der Waals surface area contributed by atoms with Crippen molar-refractivity contribution in [1.29, 1.82) is 0 Å². The van der Waals surface area contributed by atoms with E-state index in [-0.39, 0.29) is 0 Å².